The van der Waals surface area contributed by atoms with Crippen LogP contribution in [0.1, 0.15) is 44.3 Å². The molecule has 0 aliphatic carbocycles. The number of hydrogen-bond acceptors (Lipinski definition) is 3. The minimum Gasteiger partial charge on any atom is -0.309 e. The topological polar surface area (TPSA) is 24.9 Å². The number of nitrogens with one attached hydrogen (secondary N) is 1. The van der Waals surface area contributed by atoms with Crippen molar-refractivity contribution >= 4 is 11.3 Å². The second kappa shape index (κ2) is 6.23. The Morgan fingerprint density at radius 1 is 1.33 bits per heavy atom. The average molecular weight is 226 g/mol. The highest BCUT2D eigenvalue weighted by Crippen LogP contribution is 2.09. The molecule has 0 spiro atoms. The van der Waals surface area contributed by atoms with Gasteiger partial charge in [-0.05, 0) is 32.6 Å². The van der Waals surface area contributed by atoms with Gasteiger partial charge in [0.2, 0.25) is 0 Å². The molecule has 1 rings (SSSR count). The van der Waals surface area contributed by atoms with Crippen LogP contribution in [0.15, 0.2) is 5.38 Å². The summed E-state index contributed by atoms with van der Waals surface area (Å²) in [5, 5.41) is 6.80. The number of rotatable bonds is 6. The minimum absolute atomic E-state index is 0.592. The lowest BCUT2D eigenvalue weighted by atomic mass is 10.0. The fraction of sp³-hybridized carbons (Fsp3) is 0.750. The van der Waals surface area contributed by atoms with Crippen LogP contribution < -0.4 is 5.32 Å². The highest BCUT2D eigenvalue weighted by Gasteiger charge is 2.04. The maximum absolute atomic E-state index is 4.43. The van der Waals surface area contributed by atoms with Crippen molar-refractivity contribution in [1.29, 1.82) is 0 Å². The number of nitrogens with zero attached hydrogens (tertiary/aromatic N) is 1. The van der Waals surface area contributed by atoms with Gasteiger partial charge in [-0.2, -0.15) is 0 Å². The summed E-state index contributed by atoms with van der Waals surface area (Å²) in [6.07, 6.45) is 2.55. The lowest BCUT2D eigenvalue weighted by molar-refractivity contribution is 0.449. The van der Waals surface area contributed by atoms with E-state index in [4.69, 9.17) is 0 Å². The first-order valence-electron chi connectivity index (χ1n) is 5.72. The molecule has 0 aromatic carbocycles. The lowest BCUT2D eigenvalue weighted by Crippen LogP contribution is -2.25. The molecule has 0 saturated heterocycles. The fourth-order valence-electron chi connectivity index (χ4n) is 1.45. The van der Waals surface area contributed by atoms with Crippen LogP contribution in [0, 0.1) is 12.8 Å². The van der Waals surface area contributed by atoms with Gasteiger partial charge in [0.25, 0.3) is 0 Å². The Bertz CT molecular complexity index is 281. The Hall–Kier alpha value is -0.410. The van der Waals surface area contributed by atoms with Crippen LogP contribution in [-0.4, -0.2) is 11.0 Å². The van der Waals surface area contributed by atoms with Gasteiger partial charge < -0.3 is 5.32 Å². The molecule has 15 heavy (non-hydrogen) atoms. The fourth-order valence-corrected chi connectivity index (χ4v) is 2.07. The van der Waals surface area contributed by atoms with Gasteiger partial charge in [0.15, 0.2) is 0 Å². The molecule has 86 valence electrons. The zero-order valence-corrected chi connectivity index (χ0v) is 11.0. The number of thiazole rings is 1. The van der Waals surface area contributed by atoms with Crippen LogP contribution in [0.25, 0.3) is 0 Å². The standard InChI is InChI=1S/C12H22N2S/c1-9(2)5-6-10(3)13-7-12-8-15-11(4)14-12/h8-10,13H,5-7H2,1-4H3. The third-order valence-corrected chi connectivity index (χ3v) is 3.30. The highest BCUT2D eigenvalue weighted by atomic mass is 32.1. The molecule has 0 aliphatic heterocycles. The highest BCUT2D eigenvalue weighted by molar-refractivity contribution is 7.09. The van der Waals surface area contributed by atoms with E-state index in [0.717, 1.165) is 17.5 Å². The van der Waals surface area contributed by atoms with Crippen LogP contribution in [0.3, 0.4) is 0 Å². The molecule has 0 bridgehead atoms. The third-order valence-electron chi connectivity index (χ3n) is 2.48. The predicted molar refractivity (Wildman–Crippen MR) is 67.2 cm³/mol. The first kappa shape index (κ1) is 12.7. The van der Waals surface area contributed by atoms with Crippen LogP contribution in [0.5, 0.6) is 0 Å². The van der Waals surface area contributed by atoms with Gasteiger partial charge in [-0.1, -0.05) is 13.8 Å². The summed E-state index contributed by atoms with van der Waals surface area (Å²) >= 11 is 1.72. The molecule has 0 aliphatic rings. The summed E-state index contributed by atoms with van der Waals surface area (Å²) < 4.78 is 0. The van der Waals surface area contributed by atoms with Crippen molar-refractivity contribution in [3.63, 3.8) is 0 Å². The molecule has 1 aromatic rings. The molecule has 0 amide bonds. The lowest BCUT2D eigenvalue weighted by Gasteiger charge is -2.13. The molecule has 0 radical (unpaired) electrons. The van der Waals surface area contributed by atoms with Crippen molar-refractivity contribution in [3.05, 3.63) is 16.1 Å². The van der Waals surface area contributed by atoms with Crippen LogP contribution in [0.4, 0.5) is 0 Å². The van der Waals surface area contributed by atoms with Crippen LogP contribution in [0.2, 0.25) is 0 Å². The summed E-state index contributed by atoms with van der Waals surface area (Å²) in [6, 6.07) is 0.592. The smallest absolute Gasteiger partial charge is 0.0897 e. The molecule has 1 N–H and O–H groups in total. The summed E-state index contributed by atoms with van der Waals surface area (Å²) in [7, 11) is 0. The minimum atomic E-state index is 0.592. The van der Waals surface area contributed by atoms with E-state index in [2.05, 4.69) is 43.4 Å². The zero-order valence-electron chi connectivity index (χ0n) is 10.2. The van der Waals surface area contributed by atoms with Crippen molar-refractivity contribution in [2.45, 2.75) is 53.1 Å². The van der Waals surface area contributed by atoms with Crippen molar-refractivity contribution < 1.29 is 0 Å². The molecular weight excluding hydrogens is 204 g/mol. The molecule has 2 nitrogen and oxygen atoms in total. The monoisotopic (exact) mass is 226 g/mol. The van der Waals surface area contributed by atoms with E-state index in [1.54, 1.807) is 11.3 Å². The summed E-state index contributed by atoms with van der Waals surface area (Å²) in [4.78, 5) is 4.43. The normalized spacial score (nSPS) is 13.4. The van der Waals surface area contributed by atoms with Gasteiger partial charge in [-0.3, -0.25) is 0 Å². The SMILES string of the molecule is Cc1nc(CNC(C)CCC(C)C)cs1. The maximum atomic E-state index is 4.43. The van der Waals surface area contributed by atoms with E-state index in [1.165, 1.54) is 18.5 Å². The summed E-state index contributed by atoms with van der Waals surface area (Å²) in [5.41, 5.74) is 1.17. The van der Waals surface area contributed by atoms with E-state index in [9.17, 15) is 0 Å². The van der Waals surface area contributed by atoms with Crippen LogP contribution in [-0.2, 0) is 6.54 Å². The van der Waals surface area contributed by atoms with E-state index < -0.39 is 0 Å². The Morgan fingerprint density at radius 2 is 2.07 bits per heavy atom. The second-order valence-corrected chi connectivity index (χ2v) is 5.67. The van der Waals surface area contributed by atoms with Gasteiger partial charge in [-0.25, -0.2) is 4.98 Å². The van der Waals surface area contributed by atoms with Gasteiger partial charge in [-0.15, -0.1) is 11.3 Å². The second-order valence-electron chi connectivity index (χ2n) is 4.61. The first-order chi connectivity index (χ1) is 7.08. The number of aromatic nitrogens is 1. The number of aryl methyl sites for hydroxylation is 1. The first-order valence-corrected chi connectivity index (χ1v) is 6.60. The Kier molecular flexibility index (Phi) is 5.26. The van der Waals surface area contributed by atoms with Gasteiger partial charge in [0.1, 0.15) is 0 Å². The van der Waals surface area contributed by atoms with E-state index in [0.29, 0.717) is 6.04 Å². The van der Waals surface area contributed by atoms with Crippen molar-refractivity contribution in [2.75, 3.05) is 0 Å². The van der Waals surface area contributed by atoms with Crippen molar-refractivity contribution in [2.24, 2.45) is 5.92 Å². The summed E-state index contributed by atoms with van der Waals surface area (Å²) in [5.74, 6) is 0.802. The van der Waals surface area contributed by atoms with E-state index in [1.807, 2.05) is 0 Å². The largest absolute Gasteiger partial charge is 0.309 e. The van der Waals surface area contributed by atoms with Gasteiger partial charge in [0.05, 0.1) is 10.7 Å². The van der Waals surface area contributed by atoms with Gasteiger partial charge in [0, 0.05) is 18.0 Å². The van der Waals surface area contributed by atoms with Crippen LogP contribution >= 0.6 is 11.3 Å². The van der Waals surface area contributed by atoms with Gasteiger partial charge >= 0.3 is 0 Å². The maximum Gasteiger partial charge on any atom is 0.0897 e. The van der Waals surface area contributed by atoms with E-state index >= 15 is 0 Å². The quantitative estimate of drug-likeness (QED) is 0.804. The third kappa shape index (κ3) is 5.28. The Balaban J connectivity index is 2.19. The molecular formula is C12H22N2S. The number of hydrogen-bond donors (Lipinski definition) is 1. The van der Waals surface area contributed by atoms with Crippen molar-refractivity contribution in [1.82, 2.24) is 10.3 Å². The van der Waals surface area contributed by atoms with Crippen molar-refractivity contribution in [3.8, 4) is 0 Å². The average Bonchev–Trinajstić information content (AvgIpc) is 2.58. The Labute approximate surface area is 97.1 Å². The Morgan fingerprint density at radius 3 is 2.60 bits per heavy atom. The summed E-state index contributed by atoms with van der Waals surface area (Å²) in [6.45, 7) is 9.76. The molecule has 0 fully saturated rings. The molecule has 3 heteroatoms. The van der Waals surface area contributed by atoms with E-state index in [-0.39, 0.29) is 0 Å². The molecule has 0 saturated carbocycles. The molecule has 1 atom stereocenters. The molecule has 1 heterocycles. The molecule has 1 aromatic heterocycles. The molecule has 1 unspecified atom stereocenters. The predicted octanol–water partition coefficient (Wildman–Crippen LogP) is 3.37. The zero-order chi connectivity index (χ0) is 11.3.